The van der Waals surface area contributed by atoms with Gasteiger partial charge in [0.05, 0.1) is 6.10 Å². The second-order valence-electron chi connectivity index (χ2n) is 12.6. The maximum absolute atomic E-state index is 13.5. The third-order valence-electron chi connectivity index (χ3n) is 6.51. The van der Waals surface area contributed by atoms with Crippen LogP contribution in [0, 0.1) is 11.8 Å². The molecule has 0 bridgehead atoms. The van der Waals surface area contributed by atoms with Gasteiger partial charge in [-0.1, -0.05) is 105 Å². The number of benzene rings is 3. The molecule has 2 atom stereocenters. The molecular formula is C34H44O6Si. The summed E-state index contributed by atoms with van der Waals surface area (Å²) >= 11 is 0. The van der Waals surface area contributed by atoms with E-state index in [9.17, 15) is 14.7 Å². The summed E-state index contributed by atoms with van der Waals surface area (Å²) in [4.78, 5) is 27.0. The smallest absolute Gasteiger partial charge is 0.323 e. The minimum Gasteiger partial charge on any atom is -0.459 e. The molecule has 41 heavy (non-hydrogen) atoms. The molecular weight excluding hydrogens is 532 g/mol. The average molecular weight is 577 g/mol. The van der Waals surface area contributed by atoms with E-state index in [2.05, 4.69) is 0 Å². The van der Waals surface area contributed by atoms with E-state index in [4.69, 9.17) is 13.9 Å². The zero-order valence-electron chi connectivity index (χ0n) is 25.5. The molecule has 3 aromatic carbocycles. The van der Waals surface area contributed by atoms with E-state index >= 15 is 0 Å². The molecule has 0 spiro atoms. The largest absolute Gasteiger partial charge is 0.459 e. The number of ether oxygens (including phenoxy) is 2. The van der Waals surface area contributed by atoms with Crippen LogP contribution in [0.3, 0.4) is 0 Å². The van der Waals surface area contributed by atoms with Gasteiger partial charge in [-0.2, -0.15) is 0 Å². The van der Waals surface area contributed by atoms with E-state index in [1.165, 1.54) is 0 Å². The molecule has 0 saturated carbocycles. The summed E-state index contributed by atoms with van der Waals surface area (Å²) in [5, 5.41) is 14.9. The molecule has 0 aromatic heterocycles. The van der Waals surface area contributed by atoms with E-state index in [1.54, 1.807) is 41.5 Å². The Morgan fingerprint density at radius 1 is 0.634 bits per heavy atom. The SMILES string of the molecule is CC(C)[C@H](O[Si](c1ccccc1)(c1ccccc1)c1ccccc1)[C@H](O)C(C(=O)OC(C)(C)C)C(=O)OC(C)(C)C. The first-order valence-corrected chi connectivity index (χ1v) is 16.0. The number of hydrogen-bond donors (Lipinski definition) is 1. The number of esters is 2. The summed E-state index contributed by atoms with van der Waals surface area (Å²) < 4.78 is 18.5. The lowest BCUT2D eigenvalue weighted by Crippen LogP contribution is -2.71. The molecule has 0 fully saturated rings. The summed E-state index contributed by atoms with van der Waals surface area (Å²) in [6.45, 7) is 14.1. The van der Waals surface area contributed by atoms with Crippen LogP contribution in [0.15, 0.2) is 91.0 Å². The van der Waals surface area contributed by atoms with E-state index in [1.807, 2.05) is 105 Å². The molecule has 6 nitrogen and oxygen atoms in total. The van der Waals surface area contributed by atoms with Crippen LogP contribution in [0.4, 0.5) is 0 Å². The van der Waals surface area contributed by atoms with Crippen molar-refractivity contribution in [2.75, 3.05) is 0 Å². The topological polar surface area (TPSA) is 82.1 Å². The number of carbonyl (C=O) groups excluding carboxylic acids is 2. The highest BCUT2D eigenvalue weighted by Gasteiger charge is 2.50. The van der Waals surface area contributed by atoms with Gasteiger partial charge in [0.25, 0.3) is 8.32 Å². The van der Waals surface area contributed by atoms with Crippen LogP contribution < -0.4 is 15.6 Å². The van der Waals surface area contributed by atoms with Crippen molar-refractivity contribution in [3.8, 4) is 0 Å². The molecule has 0 unspecified atom stereocenters. The average Bonchev–Trinajstić information content (AvgIpc) is 2.89. The first-order valence-electron chi connectivity index (χ1n) is 14.1. The molecule has 0 amide bonds. The van der Waals surface area contributed by atoms with Gasteiger partial charge in [-0.25, -0.2) is 0 Å². The number of rotatable bonds is 10. The summed E-state index contributed by atoms with van der Waals surface area (Å²) in [5.41, 5.74) is -1.75. The van der Waals surface area contributed by atoms with Crippen molar-refractivity contribution in [3.63, 3.8) is 0 Å². The van der Waals surface area contributed by atoms with Crippen LogP contribution >= 0.6 is 0 Å². The van der Waals surface area contributed by atoms with E-state index in [0.717, 1.165) is 15.6 Å². The fraction of sp³-hybridized carbons (Fsp3) is 0.412. The minimum atomic E-state index is -3.29. The van der Waals surface area contributed by atoms with E-state index in [-0.39, 0.29) is 5.92 Å². The molecule has 0 heterocycles. The van der Waals surface area contributed by atoms with Crippen molar-refractivity contribution in [1.29, 1.82) is 0 Å². The summed E-state index contributed by atoms with van der Waals surface area (Å²) in [7, 11) is -3.29. The Kier molecular flexibility index (Phi) is 10.3. The Morgan fingerprint density at radius 3 is 1.22 bits per heavy atom. The van der Waals surface area contributed by atoms with Crippen LogP contribution in [0.2, 0.25) is 0 Å². The highest BCUT2D eigenvalue weighted by atomic mass is 28.4. The lowest BCUT2D eigenvalue weighted by atomic mass is 9.91. The van der Waals surface area contributed by atoms with Gasteiger partial charge in [-0.05, 0) is 63.0 Å². The van der Waals surface area contributed by atoms with Gasteiger partial charge < -0.3 is 19.0 Å². The monoisotopic (exact) mass is 576 g/mol. The van der Waals surface area contributed by atoms with Crippen LogP contribution in [-0.4, -0.2) is 48.8 Å². The van der Waals surface area contributed by atoms with Gasteiger partial charge in [0.1, 0.15) is 17.3 Å². The fourth-order valence-electron chi connectivity index (χ4n) is 4.82. The Bertz CT molecular complexity index is 1140. The second-order valence-corrected chi connectivity index (χ2v) is 16.0. The molecule has 7 heteroatoms. The minimum absolute atomic E-state index is 0.277. The lowest BCUT2D eigenvalue weighted by Gasteiger charge is -2.41. The van der Waals surface area contributed by atoms with Crippen molar-refractivity contribution in [2.24, 2.45) is 11.8 Å². The predicted molar refractivity (Wildman–Crippen MR) is 165 cm³/mol. The third-order valence-corrected chi connectivity index (χ3v) is 10.6. The van der Waals surface area contributed by atoms with Crippen molar-refractivity contribution in [3.05, 3.63) is 91.0 Å². The zero-order valence-corrected chi connectivity index (χ0v) is 26.5. The molecule has 0 aliphatic carbocycles. The summed E-state index contributed by atoms with van der Waals surface area (Å²) in [6, 6.07) is 29.9. The molecule has 0 aliphatic heterocycles. The first-order chi connectivity index (χ1) is 19.2. The quantitative estimate of drug-likeness (QED) is 0.167. The van der Waals surface area contributed by atoms with Crippen LogP contribution in [-0.2, 0) is 23.5 Å². The number of aliphatic hydroxyl groups excluding tert-OH is 1. The summed E-state index contributed by atoms with van der Waals surface area (Å²) in [6.07, 6.45) is -2.46. The second kappa shape index (κ2) is 13.1. The molecule has 0 aliphatic rings. The number of aliphatic hydroxyl groups is 1. The Hall–Kier alpha value is -3.26. The van der Waals surface area contributed by atoms with Crippen LogP contribution in [0.5, 0.6) is 0 Å². The van der Waals surface area contributed by atoms with Gasteiger partial charge in [0, 0.05) is 0 Å². The highest BCUT2D eigenvalue weighted by molar-refractivity contribution is 7.07. The Morgan fingerprint density at radius 2 is 0.951 bits per heavy atom. The van der Waals surface area contributed by atoms with Gasteiger partial charge in [-0.3, -0.25) is 9.59 Å². The molecule has 220 valence electrons. The third kappa shape index (κ3) is 8.15. The lowest BCUT2D eigenvalue weighted by molar-refractivity contribution is -0.184. The van der Waals surface area contributed by atoms with Gasteiger partial charge >= 0.3 is 11.9 Å². The highest BCUT2D eigenvalue weighted by Crippen LogP contribution is 2.27. The Balaban J connectivity index is 2.22. The van der Waals surface area contributed by atoms with E-state index < -0.39 is 49.6 Å². The summed E-state index contributed by atoms with van der Waals surface area (Å²) in [5.74, 6) is -3.57. The number of carbonyl (C=O) groups is 2. The van der Waals surface area contributed by atoms with Crippen LogP contribution in [0.1, 0.15) is 55.4 Å². The maximum Gasteiger partial charge on any atom is 0.323 e. The van der Waals surface area contributed by atoms with Crippen molar-refractivity contribution in [1.82, 2.24) is 0 Å². The normalized spacial score (nSPS) is 14.0. The molecule has 1 N–H and O–H groups in total. The molecule has 0 radical (unpaired) electrons. The van der Waals surface area contributed by atoms with Gasteiger partial charge in [0.15, 0.2) is 5.92 Å². The first kappa shape index (κ1) is 32.3. The number of hydrogen-bond acceptors (Lipinski definition) is 6. The fourth-order valence-corrected chi connectivity index (χ4v) is 9.04. The van der Waals surface area contributed by atoms with Gasteiger partial charge in [-0.15, -0.1) is 0 Å². The standard InChI is InChI=1S/C34H44O6Si/c1-24(2)30(29(35)28(31(36)38-33(3,4)5)32(37)39-34(6,7)8)40-41(25-18-12-9-13-19-25,26-20-14-10-15-21-26)27-22-16-11-17-23-27/h9-24,28-30,35H,1-8H3/t29-,30+/m1/s1. The Labute approximate surface area is 245 Å². The predicted octanol–water partition coefficient (Wildman–Crippen LogP) is 4.36. The van der Waals surface area contributed by atoms with Crippen molar-refractivity contribution >= 4 is 35.8 Å². The molecule has 3 aromatic rings. The molecule has 3 rings (SSSR count). The van der Waals surface area contributed by atoms with E-state index in [0.29, 0.717) is 0 Å². The van der Waals surface area contributed by atoms with Crippen molar-refractivity contribution in [2.45, 2.75) is 78.8 Å². The van der Waals surface area contributed by atoms with Crippen LogP contribution in [0.25, 0.3) is 0 Å². The zero-order chi connectivity index (χ0) is 30.4. The maximum atomic E-state index is 13.5. The van der Waals surface area contributed by atoms with Crippen molar-refractivity contribution < 1.29 is 28.6 Å². The van der Waals surface area contributed by atoms with Gasteiger partial charge in [0.2, 0.25) is 0 Å². The molecule has 0 saturated heterocycles.